The molecular weight excluding hydrogens is 279 g/mol. The molecule has 0 saturated heterocycles. The number of nitrogens with one attached hydrogen (secondary N) is 2. The van der Waals surface area contributed by atoms with Crippen molar-refractivity contribution in [3.05, 3.63) is 58.9 Å². The molecule has 0 radical (unpaired) electrons. The van der Waals surface area contributed by atoms with Crippen LogP contribution in [-0.2, 0) is 4.79 Å². The second kappa shape index (κ2) is 6.39. The molecule has 0 unspecified atom stereocenters. The Bertz CT molecular complexity index is 594. The first-order valence-electron chi connectivity index (χ1n) is 6.10. The molecule has 0 atom stereocenters. The van der Waals surface area contributed by atoms with Crippen LogP contribution in [0.2, 0.25) is 5.02 Å². The Kier molecular flexibility index (Phi) is 4.58. The van der Waals surface area contributed by atoms with Crippen LogP contribution in [0.3, 0.4) is 0 Å². The summed E-state index contributed by atoms with van der Waals surface area (Å²) < 4.78 is 12.7. The van der Waals surface area contributed by atoms with Crippen molar-refractivity contribution >= 4 is 28.9 Å². The van der Waals surface area contributed by atoms with Crippen LogP contribution in [0.1, 0.15) is 5.56 Å². The summed E-state index contributed by atoms with van der Waals surface area (Å²) in [5, 5.41) is 6.23. The van der Waals surface area contributed by atoms with Gasteiger partial charge in [-0.25, -0.2) is 4.39 Å². The fraction of sp³-hybridized carbons (Fsp3) is 0.133. The molecule has 0 aromatic heterocycles. The van der Waals surface area contributed by atoms with E-state index in [1.165, 1.54) is 24.3 Å². The Morgan fingerprint density at radius 1 is 1.20 bits per heavy atom. The highest BCUT2D eigenvalue weighted by atomic mass is 35.5. The molecule has 0 spiro atoms. The van der Waals surface area contributed by atoms with E-state index in [4.69, 9.17) is 11.6 Å². The van der Waals surface area contributed by atoms with Crippen LogP contribution in [0, 0.1) is 12.7 Å². The van der Waals surface area contributed by atoms with Crippen LogP contribution < -0.4 is 10.6 Å². The lowest BCUT2D eigenvalue weighted by Crippen LogP contribution is -2.22. The zero-order chi connectivity index (χ0) is 14.5. The number of halogens is 2. The second-order valence-corrected chi connectivity index (χ2v) is 4.75. The molecule has 1 amide bonds. The van der Waals surface area contributed by atoms with Gasteiger partial charge >= 0.3 is 0 Å². The Labute approximate surface area is 121 Å². The van der Waals surface area contributed by atoms with E-state index in [1.54, 1.807) is 6.07 Å². The molecule has 104 valence electrons. The van der Waals surface area contributed by atoms with Crippen LogP contribution in [0.5, 0.6) is 0 Å². The van der Waals surface area contributed by atoms with Gasteiger partial charge in [0.15, 0.2) is 0 Å². The molecule has 0 aliphatic carbocycles. The first kappa shape index (κ1) is 14.3. The maximum atomic E-state index is 12.7. The summed E-state index contributed by atoms with van der Waals surface area (Å²) in [6, 6.07) is 11.1. The number of carbonyl (C=O) groups excluding carboxylic acids is 1. The van der Waals surface area contributed by atoms with Gasteiger partial charge in [0, 0.05) is 5.69 Å². The summed E-state index contributed by atoms with van der Waals surface area (Å²) in [6.45, 7) is 1.99. The lowest BCUT2D eigenvalue weighted by Gasteiger charge is -2.11. The zero-order valence-electron chi connectivity index (χ0n) is 10.9. The number of hydrogen-bond acceptors (Lipinski definition) is 2. The van der Waals surface area contributed by atoms with Crippen LogP contribution in [0.15, 0.2) is 42.5 Å². The monoisotopic (exact) mass is 292 g/mol. The molecule has 3 nitrogen and oxygen atoms in total. The Morgan fingerprint density at radius 3 is 2.55 bits per heavy atom. The van der Waals surface area contributed by atoms with E-state index in [0.717, 1.165) is 11.3 Å². The fourth-order valence-electron chi connectivity index (χ4n) is 1.76. The van der Waals surface area contributed by atoms with Gasteiger partial charge in [-0.15, -0.1) is 0 Å². The van der Waals surface area contributed by atoms with E-state index in [1.807, 2.05) is 19.1 Å². The molecule has 0 fully saturated rings. The van der Waals surface area contributed by atoms with Crippen LogP contribution in [-0.4, -0.2) is 12.5 Å². The van der Waals surface area contributed by atoms with Gasteiger partial charge in [-0.1, -0.05) is 23.7 Å². The smallest absolute Gasteiger partial charge is 0.243 e. The number of amides is 1. The van der Waals surface area contributed by atoms with Crippen molar-refractivity contribution in [1.29, 1.82) is 0 Å². The van der Waals surface area contributed by atoms with Crippen molar-refractivity contribution < 1.29 is 9.18 Å². The van der Waals surface area contributed by atoms with Crippen molar-refractivity contribution in [3.8, 4) is 0 Å². The third-order valence-corrected chi connectivity index (χ3v) is 3.09. The minimum atomic E-state index is -0.340. The quantitative estimate of drug-likeness (QED) is 0.899. The highest BCUT2D eigenvalue weighted by molar-refractivity contribution is 6.33. The summed E-state index contributed by atoms with van der Waals surface area (Å²) >= 11 is 6.05. The third-order valence-electron chi connectivity index (χ3n) is 2.78. The van der Waals surface area contributed by atoms with Crippen LogP contribution >= 0.6 is 11.6 Å². The normalized spacial score (nSPS) is 10.2. The SMILES string of the molecule is Cc1cccc(Cl)c1NCC(=O)Nc1ccc(F)cc1. The Hall–Kier alpha value is -2.07. The summed E-state index contributed by atoms with van der Waals surface area (Å²) in [5.41, 5.74) is 2.25. The Balaban J connectivity index is 1.94. The van der Waals surface area contributed by atoms with Gasteiger partial charge in [0.25, 0.3) is 0 Å². The molecule has 5 heteroatoms. The number of benzene rings is 2. The van der Waals surface area contributed by atoms with Crippen molar-refractivity contribution in [2.24, 2.45) is 0 Å². The third kappa shape index (κ3) is 3.71. The van der Waals surface area contributed by atoms with E-state index in [9.17, 15) is 9.18 Å². The molecule has 0 heterocycles. The number of carbonyl (C=O) groups is 1. The zero-order valence-corrected chi connectivity index (χ0v) is 11.7. The lowest BCUT2D eigenvalue weighted by molar-refractivity contribution is -0.114. The molecule has 2 rings (SSSR count). The average Bonchev–Trinajstić information content (AvgIpc) is 2.41. The summed E-state index contributed by atoms with van der Waals surface area (Å²) in [6.07, 6.45) is 0. The largest absolute Gasteiger partial charge is 0.375 e. The number of hydrogen-bond donors (Lipinski definition) is 2. The predicted molar refractivity (Wildman–Crippen MR) is 79.7 cm³/mol. The molecule has 0 aliphatic heterocycles. The molecule has 20 heavy (non-hydrogen) atoms. The van der Waals surface area contributed by atoms with Gasteiger partial charge in [-0.2, -0.15) is 0 Å². The van der Waals surface area contributed by atoms with Crippen molar-refractivity contribution in [3.63, 3.8) is 0 Å². The lowest BCUT2D eigenvalue weighted by atomic mass is 10.2. The maximum Gasteiger partial charge on any atom is 0.243 e. The standard InChI is InChI=1S/C15H14ClFN2O/c1-10-3-2-4-13(16)15(10)18-9-14(20)19-12-7-5-11(17)6-8-12/h2-8,18H,9H2,1H3,(H,19,20). The Morgan fingerprint density at radius 2 is 1.90 bits per heavy atom. The number of rotatable bonds is 4. The molecule has 0 aliphatic rings. The van der Waals surface area contributed by atoms with E-state index in [-0.39, 0.29) is 18.3 Å². The molecule has 2 N–H and O–H groups in total. The average molecular weight is 293 g/mol. The first-order chi connectivity index (χ1) is 9.56. The van der Waals surface area contributed by atoms with Crippen LogP contribution in [0.25, 0.3) is 0 Å². The topological polar surface area (TPSA) is 41.1 Å². The van der Waals surface area contributed by atoms with Crippen molar-refractivity contribution in [1.82, 2.24) is 0 Å². The molecule has 2 aromatic carbocycles. The number of anilines is 2. The highest BCUT2D eigenvalue weighted by Crippen LogP contribution is 2.24. The van der Waals surface area contributed by atoms with Gasteiger partial charge in [0.05, 0.1) is 17.3 Å². The van der Waals surface area contributed by atoms with E-state index in [0.29, 0.717) is 10.7 Å². The summed E-state index contributed by atoms with van der Waals surface area (Å²) in [7, 11) is 0. The fourth-order valence-corrected chi connectivity index (χ4v) is 2.05. The molecule has 0 saturated carbocycles. The minimum absolute atomic E-state index is 0.0853. The molecular formula is C15H14ClFN2O. The minimum Gasteiger partial charge on any atom is -0.375 e. The first-order valence-corrected chi connectivity index (χ1v) is 6.48. The van der Waals surface area contributed by atoms with E-state index in [2.05, 4.69) is 10.6 Å². The number of para-hydroxylation sites is 1. The van der Waals surface area contributed by atoms with Crippen molar-refractivity contribution in [2.75, 3.05) is 17.2 Å². The van der Waals surface area contributed by atoms with Gasteiger partial charge < -0.3 is 10.6 Å². The van der Waals surface area contributed by atoms with Gasteiger partial charge in [-0.3, -0.25) is 4.79 Å². The maximum absolute atomic E-state index is 12.7. The van der Waals surface area contributed by atoms with Gasteiger partial charge in [0.2, 0.25) is 5.91 Å². The molecule has 0 bridgehead atoms. The molecule has 2 aromatic rings. The van der Waals surface area contributed by atoms with Crippen molar-refractivity contribution in [2.45, 2.75) is 6.92 Å². The predicted octanol–water partition coefficient (Wildman–Crippen LogP) is 3.84. The van der Waals surface area contributed by atoms with E-state index < -0.39 is 0 Å². The van der Waals surface area contributed by atoms with Gasteiger partial charge in [0.1, 0.15) is 5.82 Å². The number of aryl methyl sites for hydroxylation is 1. The summed E-state index contributed by atoms with van der Waals surface area (Å²) in [4.78, 5) is 11.8. The highest BCUT2D eigenvalue weighted by Gasteiger charge is 2.06. The van der Waals surface area contributed by atoms with E-state index >= 15 is 0 Å². The second-order valence-electron chi connectivity index (χ2n) is 4.34. The van der Waals surface area contributed by atoms with Crippen LogP contribution in [0.4, 0.5) is 15.8 Å². The van der Waals surface area contributed by atoms with Gasteiger partial charge in [-0.05, 0) is 42.8 Å². The summed E-state index contributed by atoms with van der Waals surface area (Å²) in [5.74, 6) is -0.566.